The molecule has 120 valence electrons. The van der Waals surface area contributed by atoms with Gasteiger partial charge in [-0.3, -0.25) is 9.78 Å². The van der Waals surface area contributed by atoms with E-state index in [0.29, 0.717) is 0 Å². The van der Waals surface area contributed by atoms with Crippen molar-refractivity contribution in [2.45, 2.75) is 37.8 Å². The van der Waals surface area contributed by atoms with Gasteiger partial charge in [0.2, 0.25) is 5.91 Å². The van der Waals surface area contributed by atoms with Crippen LogP contribution in [0.2, 0.25) is 0 Å². The topological polar surface area (TPSA) is 68.0 Å². The first kappa shape index (κ1) is 15.7. The number of amides is 1. The Bertz CT molecular complexity index is 590. The van der Waals surface area contributed by atoms with E-state index < -0.39 is 0 Å². The number of hydrogen-bond donors (Lipinski definition) is 2. The van der Waals surface area contributed by atoms with Crippen LogP contribution in [0.5, 0.6) is 0 Å². The highest BCUT2D eigenvalue weighted by Crippen LogP contribution is 2.26. The number of nitrogens with one attached hydrogen (secondary N) is 1. The highest BCUT2D eigenvalue weighted by Gasteiger charge is 2.27. The molecule has 3 rings (SSSR count). The van der Waals surface area contributed by atoms with Gasteiger partial charge < -0.3 is 11.1 Å². The largest absolute Gasteiger partial charge is 0.345 e. The fourth-order valence-electron chi connectivity index (χ4n) is 3.28. The third-order valence-corrected chi connectivity index (χ3v) is 4.52. The number of pyridine rings is 1. The fraction of sp³-hybridized carbons (Fsp3) is 0.368. The van der Waals surface area contributed by atoms with Crippen LogP contribution in [0, 0.1) is 5.92 Å². The van der Waals surface area contributed by atoms with Gasteiger partial charge in [0.15, 0.2) is 0 Å². The average Bonchev–Trinajstić information content (AvgIpc) is 2.61. The van der Waals surface area contributed by atoms with E-state index in [-0.39, 0.29) is 23.9 Å². The zero-order chi connectivity index (χ0) is 16.1. The van der Waals surface area contributed by atoms with Crippen molar-refractivity contribution in [2.75, 3.05) is 0 Å². The molecule has 0 saturated heterocycles. The first-order valence-electron chi connectivity index (χ1n) is 8.25. The maximum Gasteiger partial charge on any atom is 0.223 e. The van der Waals surface area contributed by atoms with Crippen molar-refractivity contribution in [3.05, 3.63) is 66.0 Å². The van der Waals surface area contributed by atoms with Gasteiger partial charge >= 0.3 is 0 Å². The van der Waals surface area contributed by atoms with Gasteiger partial charge in [-0.1, -0.05) is 42.8 Å². The normalized spacial score (nSPS) is 22.3. The zero-order valence-corrected chi connectivity index (χ0v) is 13.2. The number of rotatable bonds is 4. The molecule has 1 aromatic heterocycles. The van der Waals surface area contributed by atoms with Gasteiger partial charge in [0.25, 0.3) is 0 Å². The summed E-state index contributed by atoms with van der Waals surface area (Å²) < 4.78 is 0. The smallest absolute Gasteiger partial charge is 0.223 e. The van der Waals surface area contributed by atoms with Crippen LogP contribution in [0.15, 0.2) is 54.9 Å². The summed E-state index contributed by atoms with van der Waals surface area (Å²) in [7, 11) is 0. The molecule has 1 heterocycles. The van der Waals surface area contributed by atoms with Crippen LogP contribution in [-0.2, 0) is 4.79 Å². The molecule has 3 N–H and O–H groups in total. The minimum atomic E-state index is -0.171. The lowest BCUT2D eigenvalue weighted by Gasteiger charge is -2.28. The first-order valence-corrected chi connectivity index (χ1v) is 8.25. The molecule has 1 aromatic carbocycles. The van der Waals surface area contributed by atoms with Gasteiger partial charge in [-0.05, 0) is 36.5 Å². The van der Waals surface area contributed by atoms with Crippen LogP contribution in [0.1, 0.15) is 42.9 Å². The van der Waals surface area contributed by atoms with Crippen molar-refractivity contribution in [1.29, 1.82) is 0 Å². The summed E-state index contributed by atoms with van der Waals surface area (Å²) in [5.74, 6) is 0.111. The quantitative estimate of drug-likeness (QED) is 0.912. The number of hydrogen-bond acceptors (Lipinski definition) is 3. The summed E-state index contributed by atoms with van der Waals surface area (Å²) in [6, 6.07) is 13.9. The van der Waals surface area contributed by atoms with Gasteiger partial charge in [-0.2, -0.15) is 0 Å². The SMILES string of the molecule is NC1CCCC(C(=O)NC(c2ccccc2)c2cccnc2)C1. The molecule has 3 atom stereocenters. The maximum absolute atomic E-state index is 12.7. The molecule has 23 heavy (non-hydrogen) atoms. The molecule has 1 saturated carbocycles. The van der Waals surface area contributed by atoms with E-state index in [1.165, 1.54) is 0 Å². The minimum Gasteiger partial charge on any atom is -0.345 e. The molecule has 4 heteroatoms. The van der Waals surface area contributed by atoms with Crippen LogP contribution >= 0.6 is 0 Å². The van der Waals surface area contributed by atoms with Crippen LogP contribution in [0.3, 0.4) is 0 Å². The molecular formula is C19H23N3O. The lowest BCUT2D eigenvalue weighted by molar-refractivity contribution is -0.126. The second-order valence-corrected chi connectivity index (χ2v) is 6.26. The molecule has 3 unspecified atom stereocenters. The molecule has 0 radical (unpaired) electrons. The Balaban J connectivity index is 1.80. The summed E-state index contributed by atoms with van der Waals surface area (Å²) in [6.45, 7) is 0. The van der Waals surface area contributed by atoms with Crippen molar-refractivity contribution in [3.63, 3.8) is 0 Å². The minimum absolute atomic E-state index is 0.0154. The maximum atomic E-state index is 12.7. The second kappa shape index (κ2) is 7.38. The zero-order valence-electron chi connectivity index (χ0n) is 13.2. The number of carbonyl (C=O) groups is 1. The van der Waals surface area contributed by atoms with Crippen molar-refractivity contribution in [3.8, 4) is 0 Å². The Kier molecular flexibility index (Phi) is 5.03. The highest BCUT2D eigenvalue weighted by molar-refractivity contribution is 5.79. The van der Waals surface area contributed by atoms with E-state index in [0.717, 1.165) is 36.8 Å². The predicted molar refractivity (Wildman–Crippen MR) is 90.6 cm³/mol. The monoisotopic (exact) mass is 309 g/mol. The lowest BCUT2D eigenvalue weighted by Crippen LogP contribution is -2.39. The van der Waals surface area contributed by atoms with Gasteiger partial charge in [-0.25, -0.2) is 0 Å². The number of aromatic nitrogens is 1. The number of benzene rings is 1. The van der Waals surface area contributed by atoms with E-state index in [9.17, 15) is 4.79 Å². The van der Waals surface area contributed by atoms with Crippen molar-refractivity contribution in [1.82, 2.24) is 10.3 Å². The van der Waals surface area contributed by atoms with Gasteiger partial charge in [0.05, 0.1) is 6.04 Å². The van der Waals surface area contributed by atoms with E-state index in [1.54, 1.807) is 6.20 Å². The Labute approximate surface area is 137 Å². The fourth-order valence-corrected chi connectivity index (χ4v) is 3.28. The molecule has 1 amide bonds. The average molecular weight is 309 g/mol. The molecule has 0 bridgehead atoms. The molecular weight excluding hydrogens is 286 g/mol. The lowest BCUT2D eigenvalue weighted by atomic mass is 9.85. The predicted octanol–water partition coefficient (Wildman–Crippen LogP) is 2.80. The van der Waals surface area contributed by atoms with Crippen LogP contribution in [0.4, 0.5) is 0 Å². The Morgan fingerprint density at radius 2 is 1.91 bits per heavy atom. The Morgan fingerprint density at radius 1 is 1.13 bits per heavy atom. The number of carbonyl (C=O) groups excluding carboxylic acids is 1. The molecule has 0 aliphatic heterocycles. The summed E-state index contributed by atoms with van der Waals surface area (Å²) in [5, 5.41) is 3.21. The van der Waals surface area contributed by atoms with Crippen molar-refractivity contribution >= 4 is 5.91 Å². The molecule has 4 nitrogen and oxygen atoms in total. The van der Waals surface area contributed by atoms with E-state index in [2.05, 4.69) is 10.3 Å². The molecule has 2 aromatic rings. The molecule has 1 fully saturated rings. The Hall–Kier alpha value is -2.20. The second-order valence-electron chi connectivity index (χ2n) is 6.26. The van der Waals surface area contributed by atoms with Crippen molar-refractivity contribution < 1.29 is 4.79 Å². The van der Waals surface area contributed by atoms with Gasteiger partial charge in [0.1, 0.15) is 0 Å². The van der Waals surface area contributed by atoms with E-state index in [4.69, 9.17) is 5.73 Å². The number of nitrogens with zero attached hydrogens (tertiary/aromatic N) is 1. The van der Waals surface area contributed by atoms with Crippen molar-refractivity contribution in [2.24, 2.45) is 11.7 Å². The Morgan fingerprint density at radius 3 is 2.61 bits per heavy atom. The molecule has 1 aliphatic carbocycles. The van der Waals surface area contributed by atoms with Crippen LogP contribution in [0.25, 0.3) is 0 Å². The van der Waals surface area contributed by atoms with Crippen LogP contribution < -0.4 is 11.1 Å². The third-order valence-electron chi connectivity index (χ3n) is 4.52. The van der Waals surface area contributed by atoms with Crippen LogP contribution in [-0.4, -0.2) is 16.9 Å². The standard InChI is InChI=1S/C19H23N3O/c20-17-10-4-8-15(12-17)19(23)22-18(14-6-2-1-3-7-14)16-9-5-11-21-13-16/h1-3,5-7,9,11,13,15,17-18H,4,8,10,12,20H2,(H,22,23). The highest BCUT2D eigenvalue weighted by atomic mass is 16.1. The summed E-state index contributed by atoms with van der Waals surface area (Å²) >= 11 is 0. The van der Waals surface area contributed by atoms with E-state index >= 15 is 0 Å². The third kappa shape index (κ3) is 3.96. The molecule has 1 aliphatic rings. The first-order chi connectivity index (χ1) is 11.2. The molecule has 0 spiro atoms. The van der Waals surface area contributed by atoms with Gasteiger partial charge in [-0.15, -0.1) is 0 Å². The summed E-state index contributed by atoms with van der Waals surface area (Å²) in [6.07, 6.45) is 7.31. The number of nitrogens with two attached hydrogens (primary N) is 1. The van der Waals surface area contributed by atoms with Gasteiger partial charge in [0, 0.05) is 24.4 Å². The summed E-state index contributed by atoms with van der Waals surface area (Å²) in [5.41, 5.74) is 8.08. The van der Waals surface area contributed by atoms with E-state index in [1.807, 2.05) is 48.7 Å². The summed E-state index contributed by atoms with van der Waals surface area (Å²) in [4.78, 5) is 16.9.